The third-order valence-corrected chi connectivity index (χ3v) is 5.30. The molecule has 0 aromatic heterocycles. The monoisotopic (exact) mass is 210 g/mol. The van der Waals surface area contributed by atoms with E-state index in [1.807, 2.05) is 0 Å². The van der Waals surface area contributed by atoms with E-state index in [0.29, 0.717) is 0 Å². The molecule has 1 heterocycles. The van der Waals surface area contributed by atoms with Crippen LogP contribution in [0.25, 0.3) is 0 Å². The second-order valence-electron chi connectivity index (χ2n) is 6.92. The van der Waals surface area contributed by atoms with Crippen LogP contribution in [0.15, 0.2) is 0 Å². The highest BCUT2D eigenvalue weighted by Crippen LogP contribution is 2.70. The van der Waals surface area contributed by atoms with Crippen molar-refractivity contribution in [2.45, 2.75) is 60.0 Å². The number of carbonyl (C=O) groups is 1. The third-order valence-electron chi connectivity index (χ3n) is 5.30. The first-order valence-corrected chi connectivity index (χ1v) is 5.82. The first-order valence-electron chi connectivity index (χ1n) is 5.82. The lowest BCUT2D eigenvalue weighted by molar-refractivity contribution is -0.172. The molecule has 15 heavy (non-hydrogen) atoms. The van der Waals surface area contributed by atoms with Gasteiger partial charge in [-0.1, -0.05) is 34.6 Å². The van der Waals surface area contributed by atoms with Gasteiger partial charge in [-0.3, -0.25) is 4.79 Å². The van der Waals surface area contributed by atoms with Gasteiger partial charge in [0.25, 0.3) is 0 Å². The first-order chi connectivity index (χ1) is 6.58. The van der Waals surface area contributed by atoms with E-state index in [-0.39, 0.29) is 27.8 Å². The number of ether oxygens (including phenoxy) is 1. The largest absolute Gasteiger partial charge is 0.457 e. The Morgan fingerprint density at radius 3 is 1.87 bits per heavy atom. The SMILES string of the molecule is CC(C)(C)C12CCC(C)(C(=O)O1)C2(C)C. The predicted molar refractivity (Wildman–Crippen MR) is 59.4 cm³/mol. The Hall–Kier alpha value is -0.530. The van der Waals surface area contributed by atoms with Gasteiger partial charge in [-0.05, 0) is 19.8 Å². The molecular weight excluding hydrogens is 188 g/mol. The van der Waals surface area contributed by atoms with Crippen molar-refractivity contribution in [2.75, 3.05) is 0 Å². The zero-order valence-electron chi connectivity index (χ0n) is 10.7. The molecule has 2 atom stereocenters. The summed E-state index contributed by atoms with van der Waals surface area (Å²) in [5.41, 5.74) is -0.595. The minimum Gasteiger partial charge on any atom is -0.457 e. The number of rotatable bonds is 0. The number of esters is 1. The fourth-order valence-electron chi connectivity index (χ4n) is 3.77. The highest BCUT2D eigenvalue weighted by molar-refractivity contribution is 5.82. The van der Waals surface area contributed by atoms with E-state index in [0.717, 1.165) is 12.8 Å². The second-order valence-corrected chi connectivity index (χ2v) is 6.92. The zero-order chi connectivity index (χ0) is 11.7. The highest BCUT2D eigenvalue weighted by Gasteiger charge is 2.75. The van der Waals surface area contributed by atoms with Crippen LogP contribution in [-0.2, 0) is 9.53 Å². The Kier molecular flexibility index (Phi) is 1.76. The van der Waals surface area contributed by atoms with Crippen molar-refractivity contribution in [1.82, 2.24) is 0 Å². The van der Waals surface area contributed by atoms with Crippen molar-refractivity contribution >= 4 is 5.97 Å². The van der Waals surface area contributed by atoms with Crippen molar-refractivity contribution in [3.05, 3.63) is 0 Å². The Bertz CT molecular complexity index is 324. The molecule has 0 radical (unpaired) electrons. The molecule has 0 spiro atoms. The van der Waals surface area contributed by atoms with Gasteiger partial charge in [-0.25, -0.2) is 0 Å². The molecule has 2 heteroatoms. The number of fused-ring (bicyclic) bond motifs is 2. The van der Waals surface area contributed by atoms with Crippen LogP contribution < -0.4 is 0 Å². The standard InChI is InChI=1S/C13H22O2/c1-10(2,3)13-8-7-12(6,9(14)15-13)11(13,4)5/h7-8H2,1-6H3. The quantitative estimate of drug-likeness (QED) is 0.574. The maximum absolute atomic E-state index is 12.0. The molecule has 86 valence electrons. The van der Waals surface area contributed by atoms with Gasteiger partial charge in [0.1, 0.15) is 5.60 Å². The summed E-state index contributed by atoms with van der Waals surface area (Å²) in [5.74, 6) is 0.00803. The van der Waals surface area contributed by atoms with Gasteiger partial charge >= 0.3 is 5.97 Å². The van der Waals surface area contributed by atoms with Gasteiger partial charge in [-0.2, -0.15) is 0 Å². The van der Waals surface area contributed by atoms with Crippen LogP contribution in [0.5, 0.6) is 0 Å². The molecule has 0 N–H and O–H groups in total. The molecule has 2 rings (SSSR count). The van der Waals surface area contributed by atoms with Crippen molar-refractivity contribution in [2.24, 2.45) is 16.2 Å². The Balaban J connectivity index is 2.59. The number of hydrogen-bond acceptors (Lipinski definition) is 2. The Labute approximate surface area is 92.4 Å². The number of carbonyl (C=O) groups excluding carboxylic acids is 1. The lowest BCUT2D eigenvalue weighted by Crippen LogP contribution is -2.50. The maximum Gasteiger partial charge on any atom is 0.313 e. The molecule has 2 aliphatic rings. The summed E-state index contributed by atoms with van der Waals surface area (Å²) in [6.45, 7) is 13.0. The van der Waals surface area contributed by atoms with E-state index in [2.05, 4.69) is 41.5 Å². The molecule has 0 aromatic carbocycles. The van der Waals surface area contributed by atoms with Gasteiger partial charge in [0.2, 0.25) is 0 Å². The van der Waals surface area contributed by atoms with Gasteiger partial charge in [-0.15, -0.1) is 0 Å². The summed E-state index contributed by atoms with van der Waals surface area (Å²) in [6, 6.07) is 0. The minimum atomic E-state index is -0.277. The van der Waals surface area contributed by atoms with E-state index in [4.69, 9.17) is 4.74 Å². The lowest BCUT2D eigenvalue weighted by atomic mass is 9.59. The van der Waals surface area contributed by atoms with Gasteiger partial charge in [0.05, 0.1) is 5.41 Å². The summed E-state index contributed by atoms with van der Waals surface area (Å²) >= 11 is 0. The molecule has 0 aromatic rings. The van der Waals surface area contributed by atoms with Crippen molar-refractivity contribution < 1.29 is 9.53 Å². The van der Waals surface area contributed by atoms with Crippen LogP contribution in [-0.4, -0.2) is 11.6 Å². The molecule has 1 saturated heterocycles. The van der Waals surface area contributed by atoms with Gasteiger partial charge in [0, 0.05) is 10.8 Å². The van der Waals surface area contributed by atoms with Crippen LogP contribution in [0.2, 0.25) is 0 Å². The van der Waals surface area contributed by atoms with Crippen molar-refractivity contribution in [3.8, 4) is 0 Å². The summed E-state index contributed by atoms with van der Waals surface area (Å²) < 4.78 is 5.79. The van der Waals surface area contributed by atoms with E-state index in [9.17, 15) is 4.79 Å². The first kappa shape index (κ1) is 11.0. The molecule has 0 amide bonds. The average molecular weight is 210 g/mol. The molecule has 2 bridgehead atoms. The zero-order valence-corrected chi connectivity index (χ0v) is 10.7. The summed E-state index contributed by atoms with van der Waals surface area (Å²) in [4.78, 5) is 12.0. The topological polar surface area (TPSA) is 26.3 Å². The van der Waals surface area contributed by atoms with Crippen LogP contribution >= 0.6 is 0 Å². The maximum atomic E-state index is 12.0. The molecular formula is C13H22O2. The predicted octanol–water partition coefficient (Wildman–Crippen LogP) is 3.15. The summed E-state index contributed by atoms with van der Waals surface area (Å²) in [7, 11) is 0. The molecule has 2 fully saturated rings. The fraction of sp³-hybridized carbons (Fsp3) is 0.923. The minimum absolute atomic E-state index is 0.00803. The van der Waals surface area contributed by atoms with Gasteiger partial charge < -0.3 is 4.74 Å². The normalized spacial score (nSPS) is 43.2. The van der Waals surface area contributed by atoms with Crippen LogP contribution in [0.1, 0.15) is 54.4 Å². The smallest absolute Gasteiger partial charge is 0.313 e. The molecule has 2 nitrogen and oxygen atoms in total. The number of hydrogen-bond donors (Lipinski definition) is 0. The molecule has 2 unspecified atom stereocenters. The van der Waals surface area contributed by atoms with E-state index < -0.39 is 0 Å². The van der Waals surface area contributed by atoms with E-state index in [1.165, 1.54) is 0 Å². The summed E-state index contributed by atoms with van der Waals surface area (Å²) in [5, 5.41) is 0. The second kappa shape index (κ2) is 2.41. The lowest BCUT2D eigenvalue weighted by Gasteiger charge is -2.46. The van der Waals surface area contributed by atoms with Crippen LogP contribution in [0.3, 0.4) is 0 Å². The molecule has 1 aliphatic carbocycles. The average Bonchev–Trinajstić information content (AvgIpc) is 2.33. The molecule has 1 aliphatic heterocycles. The van der Waals surface area contributed by atoms with Gasteiger partial charge in [0.15, 0.2) is 0 Å². The van der Waals surface area contributed by atoms with E-state index >= 15 is 0 Å². The summed E-state index contributed by atoms with van der Waals surface area (Å²) in [6.07, 6.45) is 1.97. The van der Waals surface area contributed by atoms with Crippen molar-refractivity contribution in [3.63, 3.8) is 0 Å². The van der Waals surface area contributed by atoms with Crippen LogP contribution in [0, 0.1) is 16.2 Å². The Morgan fingerprint density at radius 1 is 1.13 bits per heavy atom. The molecule has 1 saturated carbocycles. The highest BCUT2D eigenvalue weighted by atomic mass is 16.6. The Morgan fingerprint density at radius 2 is 1.67 bits per heavy atom. The van der Waals surface area contributed by atoms with Crippen molar-refractivity contribution in [1.29, 1.82) is 0 Å². The third kappa shape index (κ3) is 0.896. The fourth-order valence-corrected chi connectivity index (χ4v) is 3.77. The van der Waals surface area contributed by atoms with Crippen LogP contribution in [0.4, 0.5) is 0 Å². The van der Waals surface area contributed by atoms with E-state index in [1.54, 1.807) is 0 Å².